The summed E-state index contributed by atoms with van der Waals surface area (Å²) in [7, 11) is 0. The van der Waals surface area contributed by atoms with Gasteiger partial charge in [0, 0.05) is 5.54 Å². The van der Waals surface area contributed by atoms with Gasteiger partial charge >= 0.3 is 0 Å². The van der Waals surface area contributed by atoms with Crippen molar-refractivity contribution < 1.29 is 15.0 Å². The van der Waals surface area contributed by atoms with E-state index in [-0.39, 0.29) is 18.0 Å². The second kappa shape index (κ2) is 7.28. The van der Waals surface area contributed by atoms with Crippen LogP contribution in [0.3, 0.4) is 0 Å². The summed E-state index contributed by atoms with van der Waals surface area (Å²) in [5.41, 5.74) is 5.25. The lowest BCUT2D eigenvalue weighted by atomic mass is 9.82. The molecule has 0 radical (unpaired) electrons. The topological polar surface area (TPSA) is 86.8 Å². The number of carbonyl (C=O) groups excluding carboxylic acids is 1. The Balaban J connectivity index is 2.21. The molecule has 2 fully saturated rings. The first-order valence-corrected chi connectivity index (χ1v) is 8.85. The smallest absolute Gasteiger partial charge is 0.243 e. The van der Waals surface area contributed by atoms with Crippen LogP contribution in [0.4, 0.5) is 0 Å². The third kappa shape index (κ3) is 4.00. The van der Waals surface area contributed by atoms with Crippen molar-refractivity contribution in [3.05, 3.63) is 0 Å². The third-order valence-corrected chi connectivity index (χ3v) is 5.60. The molecule has 22 heavy (non-hydrogen) atoms. The quantitative estimate of drug-likeness (QED) is 0.692. The molecule has 128 valence electrons. The maximum atomic E-state index is 13.1. The molecular weight excluding hydrogens is 280 g/mol. The highest BCUT2D eigenvalue weighted by molar-refractivity contribution is 5.87. The number of β-amino-alcohol motifs (C(OH)–C–C–N with tert-alkyl or cyclic N) is 2. The minimum atomic E-state index is -1.50. The number of carbonyl (C=O) groups is 1. The average Bonchev–Trinajstić information content (AvgIpc) is 2.88. The number of nitrogens with two attached hydrogens (primary N) is 1. The van der Waals surface area contributed by atoms with E-state index in [1.54, 1.807) is 4.90 Å². The second-order valence-electron chi connectivity index (χ2n) is 7.52. The monoisotopic (exact) mass is 312 g/mol. The number of hydrogen-bond acceptors (Lipinski definition) is 4. The molecule has 0 bridgehead atoms. The Morgan fingerprint density at radius 3 is 1.95 bits per heavy atom. The van der Waals surface area contributed by atoms with Gasteiger partial charge in [-0.25, -0.2) is 0 Å². The molecular formula is C17H32N2O3. The van der Waals surface area contributed by atoms with Crippen molar-refractivity contribution in [2.75, 3.05) is 6.54 Å². The van der Waals surface area contributed by atoms with E-state index in [4.69, 9.17) is 5.73 Å². The maximum Gasteiger partial charge on any atom is 0.243 e. The van der Waals surface area contributed by atoms with Crippen LogP contribution in [-0.2, 0) is 4.79 Å². The summed E-state index contributed by atoms with van der Waals surface area (Å²) in [6.45, 7) is 2.06. The van der Waals surface area contributed by atoms with Gasteiger partial charge in [0.15, 0.2) is 6.29 Å². The minimum Gasteiger partial charge on any atom is -0.367 e. The highest BCUT2D eigenvalue weighted by Gasteiger charge is 2.45. The van der Waals surface area contributed by atoms with Gasteiger partial charge in [0.1, 0.15) is 0 Å². The molecule has 0 atom stereocenters. The third-order valence-electron chi connectivity index (χ3n) is 5.60. The summed E-state index contributed by atoms with van der Waals surface area (Å²) < 4.78 is 0. The van der Waals surface area contributed by atoms with Crippen LogP contribution in [0.15, 0.2) is 0 Å². The standard InChI is InChI=1S/C17H32N2O3/c1-16(9-5-3-2-4-6-10-16)19(13-14(20)21)15(22)17(18)11-7-8-12-17/h14,20-21H,2-13,18H2,1H3. The van der Waals surface area contributed by atoms with Gasteiger partial charge in [-0.2, -0.15) is 0 Å². The molecule has 0 unspecified atom stereocenters. The predicted molar refractivity (Wildman–Crippen MR) is 86.0 cm³/mol. The Kier molecular flexibility index (Phi) is 5.86. The van der Waals surface area contributed by atoms with Gasteiger partial charge in [-0.15, -0.1) is 0 Å². The van der Waals surface area contributed by atoms with Gasteiger partial charge in [-0.1, -0.05) is 44.9 Å². The van der Waals surface area contributed by atoms with Crippen LogP contribution < -0.4 is 5.73 Å². The molecule has 0 heterocycles. The van der Waals surface area contributed by atoms with E-state index in [0.29, 0.717) is 12.8 Å². The molecule has 2 aliphatic carbocycles. The summed E-state index contributed by atoms with van der Waals surface area (Å²) in [6.07, 6.45) is 9.51. The van der Waals surface area contributed by atoms with Gasteiger partial charge in [0.25, 0.3) is 0 Å². The number of nitrogens with zero attached hydrogens (tertiary/aromatic N) is 1. The van der Waals surface area contributed by atoms with Crippen molar-refractivity contribution in [1.29, 1.82) is 0 Å². The maximum absolute atomic E-state index is 13.1. The van der Waals surface area contributed by atoms with Gasteiger partial charge in [-0.3, -0.25) is 4.79 Å². The summed E-state index contributed by atoms with van der Waals surface area (Å²) in [5.74, 6) is -0.0822. The number of rotatable bonds is 4. The molecule has 4 N–H and O–H groups in total. The zero-order valence-corrected chi connectivity index (χ0v) is 13.9. The first-order chi connectivity index (χ1) is 10.4. The predicted octanol–water partition coefficient (Wildman–Crippen LogP) is 1.90. The largest absolute Gasteiger partial charge is 0.367 e. The molecule has 0 aliphatic heterocycles. The molecule has 0 aromatic carbocycles. The van der Waals surface area contributed by atoms with E-state index < -0.39 is 11.8 Å². The van der Waals surface area contributed by atoms with E-state index in [9.17, 15) is 15.0 Å². The van der Waals surface area contributed by atoms with Crippen molar-refractivity contribution >= 4 is 5.91 Å². The van der Waals surface area contributed by atoms with E-state index in [2.05, 4.69) is 6.92 Å². The first-order valence-electron chi connectivity index (χ1n) is 8.85. The fourth-order valence-corrected chi connectivity index (χ4v) is 4.14. The molecule has 2 aliphatic rings. The van der Waals surface area contributed by atoms with E-state index in [0.717, 1.165) is 38.5 Å². The Hall–Kier alpha value is -0.650. The van der Waals surface area contributed by atoms with Crippen LogP contribution >= 0.6 is 0 Å². The molecule has 0 spiro atoms. The molecule has 0 aromatic rings. The van der Waals surface area contributed by atoms with E-state index >= 15 is 0 Å². The van der Waals surface area contributed by atoms with Crippen LogP contribution in [0.5, 0.6) is 0 Å². The lowest BCUT2D eigenvalue weighted by molar-refractivity contribution is -0.153. The molecule has 5 heteroatoms. The number of amides is 1. The first kappa shape index (κ1) is 17.7. The lowest BCUT2D eigenvalue weighted by Gasteiger charge is -2.46. The van der Waals surface area contributed by atoms with Crippen molar-refractivity contribution in [1.82, 2.24) is 4.90 Å². The van der Waals surface area contributed by atoms with E-state index in [1.807, 2.05) is 0 Å². The molecule has 0 aromatic heterocycles. The summed E-state index contributed by atoms with van der Waals surface area (Å²) in [6, 6.07) is 0. The fraction of sp³-hybridized carbons (Fsp3) is 0.941. The molecule has 1 amide bonds. The molecule has 2 rings (SSSR count). The minimum absolute atomic E-state index is 0.0334. The summed E-state index contributed by atoms with van der Waals surface area (Å²) >= 11 is 0. The van der Waals surface area contributed by atoms with Crippen molar-refractivity contribution in [2.45, 2.75) is 94.9 Å². The summed E-state index contributed by atoms with van der Waals surface area (Å²) in [5, 5.41) is 19.0. The van der Waals surface area contributed by atoms with Gasteiger partial charge in [-0.05, 0) is 32.6 Å². The Labute approximate surface area is 133 Å². The van der Waals surface area contributed by atoms with Gasteiger partial charge in [0.05, 0.1) is 12.1 Å². The highest BCUT2D eigenvalue weighted by atomic mass is 16.5. The van der Waals surface area contributed by atoms with Crippen LogP contribution in [0, 0.1) is 0 Å². The number of hydrogen-bond donors (Lipinski definition) is 3. The van der Waals surface area contributed by atoms with Gasteiger partial charge < -0.3 is 20.8 Å². The van der Waals surface area contributed by atoms with Crippen molar-refractivity contribution in [3.8, 4) is 0 Å². The molecule has 0 saturated heterocycles. The van der Waals surface area contributed by atoms with Crippen molar-refractivity contribution in [3.63, 3.8) is 0 Å². The van der Waals surface area contributed by atoms with Crippen LogP contribution in [0.1, 0.15) is 77.6 Å². The summed E-state index contributed by atoms with van der Waals surface area (Å²) in [4.78, 5) is 14.8. The van der Waals surface area contributed by atoms with Crippen LogP contribution in [0.2, 0.25) is 0 Å². The number of aliphatic hydroxyl groups excluding tert-OH is 1. The highest BCUT2D eigenvalue weighted by Crippen LogP contribution is 2.36. The fourth-order valence-electron chi connectivity index (χ4n) is 4.14. The van der Waals surface area contributed by atoms with Crippen LogP contribution in [0.25, 0.3) is 0 Å². The Bertz CT molecular complexity index is 370. The Morgan fingerprint density at radius 1 is 1.00 bits per heavy atom. The average molecular weight is 312 g/mol. The zero-order chi connectivity index (χ0) is 16.2. The van der Waals surface area contributed by atoms with E-state index in [1.165, 1.54) is 19.3 Å². The normalized spacial score (nSPS) is 24.8. The molecule has 2 saturated carbocycles. The zero-order valence-electron chi connectivity index (χ0n) is 13.9. The molecule has 5 nitrogen and oxygen atoms in total. The van der Waals surface area contributed by atoms with Crippen LogP contribution in [-0.4, -0.2) is 44.9 Å². The Morgan fingerprint density at radius 2 is 1.45 bits per heavy atom. The second-order valence-corrected chi connectivity index (χ2v) is 7.52. The number of aliphatic hydroxyl groups is 2. The van der Waals surface area contributed by atoms with Gasteiger partial charge in [0.2, 0.25) is 5.91 Å². The van der Waals surface area contributed by atoms with Crippen molar-refractivity contribution in [2.24, 2.45) is 5.73 Å². The SMILES string of the molecule is CC1(N(CC(O)O)C(=O)C2(N)CCCC2)CCCCCCC1. The lowest BCUT2D eigenvalue weighted by Crippen LogP contribution is -2.62.